The molecular weight excluding hydrogens is 477 g/mol. The van der Waals surface area contributed by atoms with E-state index in [1.54, 1.807) is 16.2 Å². The first kappa shape index (κ1) is 20.5. The van der Waals surface area contributed by atoms with E-state index in [2.05, 4.69) is 22.6 Å². The number of halogens is 1. The molecule has 0 aliphatic carbocycles. The molecule has 146 valence electrons. The molecule has 7 heteroatoms. The van der Waals surface area contributed by atoms with Crippen molar-refractivity contribution in [3.05, 3.63) is 33.7 Å². The van der Waals surface area contributed by atoms with Crippen LogP contribution < -0.4 is 0 Å². The summed E-state index contributed by atoms with van der Waals surface area (Å²) in [6, 6.07) is 3.79. The number of nitrogens with zero attached hydrogens (tertiary/aromatic N) is 1. The topological polar surface area (TPSA) is 63.7 Å². The molecule has 0 N–H and O–H groups in total. The number of Topliss-reactive ketones (excluding diaryl/α,β-unsaturated/α-hetero) is 1. The maximum atomic E-state index is 12.8. The van der Waals surface area contributed by atoms with E-state index in [9.17, 15) is 14.4 Å². The van der Waals surface area contributed by atoms with Crippen LogP contribution in [0, 0.1) is 5.92 Å². The van der Waals surface area contributed by atoms with E-state index in [-0.39, 0.29) is 30.1 Å². The molecule has 2 aliphatic heterocycles. The lowest BCUT2D eigenvalue weighted by Gasteiger charge is -2.50. The van der Waals surface area contributed by atoms with Crippen molar-refractivity contribution in [2.24, 2.45) is 5.92 Å². The number of esters is 1. The van der Waals surface area contributed by atoms with Gasteiger partial charge in [0.2, 0.25) is 5.91 Å². The lowest BCUT2D eigenvalue weighted by atomic mass is 9.76. The van der Waals surface area contributed by atoms with E-state index < -0.39 is 11.6 Å². The molecule has 0 radical (unpaired) electrons. The molecule has 1 aromatic heterocycles. The summed E-state index contributed by atoms with van der Waals surface area (Å²) < 4.78 is 6.22. The smallest absolute Gasteiger partial charge is 0.355 e. The zero-order valence-corrected chi connectivity index (χ0v) is 18.8. The number of carbonyl (C=O) groups excluding carboxylic acids is 3. The molecule has 1 fully saturated rings. The van der Waals surface area contributed by atoms with Crippen molar-refractivity contribution < 1.29 is 19.1 Å². The molecule has 2 atom stereocenters. The summed E-state index contributed by atoms with van der Waals surface area (Å²) in [6.45, 7) is 5.46. The molecular formula is C20H24INO4S. The standard InChI is InChI=1S/C20H24INO4S/c1-20(2,3)26-19(25)17-12(11-21)6-7-16-15(18(24)22(16)17)10-13(23)9-14-5-4-8-27-14/h4-5,8,15-16H,6-7,9-11H2,1-3H3/t15-,16+/m0/s1. The second-order valence-corrected chi connectivity index (χ2v) is 9.80. The van der Waals surface area contributed by atoms with Crippen molar-refractivity contribution in [1.29, 1.82) is 0 Å². The lowest BCUT2D eigenvalue weighted by molar-refractivity contribution is -0.165. The number of fused-ring (bicyclic) bond motifs is 1. The Balaban J connectivity index is 1.72. The number of ether oxygens (including phenoxy) is 1. The summed E-state index contributed by atoms with van der Waals surface area (Å²) in [5.74, 6) is -0.790. The molecule has 3 rings (SSSR count). The van der Waals surface area contributed by atoms with Crippen LogP contribution in [0.3, 0.4) is 0 Å². The van der Waals surface area contributed by atoms with Crippen LogP contribution in [0.5, 0.6) is 0 Å². The van der Waals surface area contributed by atoms with Gasteiger partial charge in [-0.3, -0.25) is 9.59 Å². The van der Waals surface area contributed by atoms with Gasteiger partial charge in [0.15, 0.2) is 0 Å². The maximum absolute atomic E-state index is 12.8. The second kappa shape index (κ2) is 8.03. The number of hydrogen-bond acceptors (Lipinski definition) is 5. The van der Waals surface area contributed by atoms with Gasteiger partial charge < -0.3 is 9.64 Å². The Hall–Kier alpha value is -1.22. The number of hydrogen-bond donors (Lipinski definition) is 0. The van der Waals surface area contributed by atoms with Crippen LogP contribution in [0.1, 0.15) is 44.9 Å². The fourth-order valence-corrected chi connectivity index (χ4v) is 5.15. The van der Waals surface area contributed by atoms with Gasteiger partial charge in [-0.25, -0.2) is 4.79 Å². The van der Waals surface area contributed by atoms with E-state index >= 15 is 0 Å². The maximum Gasteiger partial charge on any atom is 0.355 e. The fourth-order valence-electron chi connectivity index (χ4n) is 3.67. The summed E-state index contributed by atoms with van der Waals surface area (Å²) in [5.41, 5.74) is 0.748. The van der Waals surface area contributed by atoms with Crippen LogP contribution >= 0.6 is 33.9 Å². The van der Waals surface area contributed by atoms with Gasteiger partial charge in [-0.2, -0.15) is 0 Å². The lowest BCUT2D eigenvalue weighted by Crippen LogP contribution is -2.63. The van der Waals surface area contributed by atoms with E-state index in [0.29, 0.717) is 16.5 Å². The van der Waals surface area contributed by atoms with Crippen LogP contribution in [-0.2, 0) is 25.5 Å². The molecule has 1 saturated heterocycles. The van der Waals surface area contributed by atoms with Gasteiger partial charge in [-0.1, -0.05) is 28.7 Å². The third kappa shape index (κ3) is 4.45. The fraction of sp³-hybridized carbons (Fsp3) is 0.550. The van der Waals surface area contributed by atoms with Crippen molar-refractivity contribution in [2.45, 2.75) is 58.1 Å². The van der Waals surface area contributed by atoms with E-state index in [4.69, 9.17) is 4.74 Å². The predicted octanol–water partition coefficient (Wildman–Crippen LogP) is 3.90. The number of carbonyl (C=O) groups is 3. The van der Waals surface area contributed by atoms with Gasteiger partial charge in [-0.15, -0.1) is 11.3 Å². The average Bonchev–Trinajstić information content (AvgIpc) is 3.09. The highest BCUT2D eigenvalue weighted by atomic mass is 127. The molecule has 3 heterocycles. The van der Waals surface area contributed by atoms with Crippen LogP contribution in [0.15, 0.2) is 28.8 Å². The Morgan fingerprint density at radius 1 is 1.37 bits per heavy atom. The molecule has 0 saturated carbocycles. The summed E-state index contributed by atoms with van der Waals surface area (Å²) >= 11 is 3.78. The molecule has 0 bridgehead atoms. The van der Waals surface area contributed by atoms with Gasteiger partial charge >= 0.3 is 5.97 Å². The Morgan fingerprint density at radius 3 is 2.70 bits per heavy atom. The Morgan fingerprint density at radius 2 is 2.11 bits per heavy atom. The molecule has 1 amide bonds. The zero-order chi connectivity index (χ0) is 19.8. The highest BCUT2D eigenvalue weighted by Gasteiger charge is 2.53. The van der Waals surface area contributed by atoms with Gasteiger partial charge in [0.25, 0.3) is 0 Å². The molecule has 2 aliphatic rings. The summed E-state index contributed by atoms with van der Waals surface area (Å²) in [6.07, 6.45) is 2.19. The molecule has 0 unspecified atom stereocenters. The van der Waals surface area contributed by atoms with Crippen molar-refractivity contribution >= 4 is 51.6 Å². The first-order valence-corrected chi connectivity index (χ1v) is 11.5. The third-order valence-electron chi connectivity index (χ3n) is 4.82. The minimum absolute atomic E-state index is 0.0704. The minimum Gasteiger partial charge on any atom is -0.455 e. The van der Waals surface area contributed by atoms with Crippen LogP contribution in [0.4, 0.5) is 0 Å². The Kier molecular flexibility index (Phi) is 6.10. The normalized spacial score (nSPS) is 22.4. The van der Waals surface area contributed by atoms with Gasteiger partial charge in [0.1, 0.15) is 17.1 Å². The first-order chi connectivity index (χ1) is 12.7. The molecule has 1 aromatic rings. The van der Waals surface area contributed by atoms with E-state index in [1.807, 2.05) is 38.3 Å². The second-order valence-electron chi connectivity index (χ2n) is 8.01. The van der Waals surface area contributed by atoms with Crippen molar-refractivity contribution in [3.63, 3.8) is 0 Å². The zero-order valence-electron chi connectivity index (χ0n) is 15.8. The largest absolute Gasteiger partial charge is 0.455 e. The molecule has 0 aromatic carbocycles. The number of β-lactam (4-membered cyclic amide) rings is 1. The minimum atomic E-state index is -0.614. The predicted molar refractivity (Wildman–Crippen MR) is 113 cm³/mol. The number of allylic oxidation sites excluding steroid dienone is 1. The molecule has 0 spiro atoms. The monoisotopic (exact) mass is 501 g/mol. The Labute approximate surface area is 177 Å². The quantitative estimate of drug-likeness (QED) is 0.257. The number of thiophene rings is 1. The highest BCUT2D eigenvalue weighted by Crippen LogP contribution is 2.43. The van der Waals surface area contributed by atoms with E-state index in [1.165, 1.54) is 0 Å². The van der Waals surface area contributed by atoms with Crippen LogP contribution in [0.25, 0.3) is 0 Å². The van der Waals surface area contributed by atoms with Crippen LogP contribution in [0.2, 0.25) is 0 Å². The van der Waals surface area contributed by atoms with E-state index in [0.717, 1.165) is 23.3 Å². The third-order valence-corrected chi connectivity index (χ3v) is 6.62. The number of ketones is 1. The van der Waals surface area contributed by atoms with Gasteiger partial charge in [0, 0.05) is 28.2 Å². The average molecular weight is 501 g/mol. The van der Waals surface area contributed by atoms with Gasteiger partial charge in [0.05, 0.1) is 5.92 Å². The summed E-state index contributed by atoms with van der Waals surface area (Å²) in [5, 5.41) is 1.95. The van der Waals surface area contributed by atoms with Crippen molar-refractivity contribution in [1.82, 2.24) is 4.90 Å². The number of amides is 1. The van der Waals surface area contributed by atoms with Crippen LogP contribution in [-0.4, -0.2) is 38.6 Å². The SMILES string of the molecule is CC(C)(C)OC(=O)C1=C(CI)CC[C@@H]2[C@H](CC(=O)Cc3cccs3)C(=O)N12. The number of alkyl halides is 1. The molecule has 5 nitrogen and oxygen atoms in total. The number of rotatable bonds is 6. The molecule has 27 heavy (non-hydrogen) atoms. The summed E-state index contributed by atoms with van der Waals surface area (Å²) in [7, 11) is 0. The highest BCUT2D eigenvalue weighted by molar-refractivity contribution is 14.1. The van der Waals surface area contributed by atoms with Crippen molar-refractivity contribution in [2.75, 3.05) is 4.43 Å². The Bertz CT molecular complexity index is 778. The first-order valence-electron chi connectivity index (χ1n) is 9.09. The summed E-state index contributed by atoms with van der Waals surface area (Å²) in [4.78, 5) is 40.5. The van der Waals surface area contributed by atoms with Crippen molar-refractivity contribution in [3.8, 4) is 0 Å². The van der Waals surface area contributed by atoms with Gasteiger partial charge in [-0.05, 0) is 50.6 Å².